The minimum absolute atomic E-state index is 0.0598. The maximum absolute atomic E-state index is 12.8. The van der Waals surface area contributed by atoms with E-state index in [9.17, 15) is 13.2 Å². The second-order valence-corrected chi connectivity index (χ2v) is 8.48. The minimum atomic E-state index is -3.52. The molecule has 138 valence electrons. The number of rotatable bonds is 3. The van der Waals surface area contributed by atoms with E-state index in [4.69, 9.17) is 4.74 Å². The van der Waals surface area contributed by atoms with Crippen molar-refractivity contribution in [3.05, 3.63) is 29.3 Å². The molecular weight excluding hydrogens is 342 g/mol. The molecule has 1 aromatic rings. The number of piperazine rings is 1. The Bertz CT molecular complexity index is 736. The Hall–Kier alpha value is -1.48. The summed E-state index contributed by atoms with van der Waals surface area (Å²) in [7, 11) is -3.52. The van der Waals surface area contributed by atoms with Crippen molar-refractivity contribution in [2.45, 2.75) is 24.8 Å². The van der Waals surface area contributed by atoms with Crippen LogP contribution in [0, 0.1) is 13.8 Å². The zero-order chi connectivity index (χ0) is 18.0. The molecule has 0 radical (unpaired) electrons. The van der Waals surface area contributed by atoms with Crippen LogP contribution in [0.25, 0.3) is 0 Å². The average molecular weight is 367 g/mol. The molecule has 7 nitrogen and oxygen atoms in total. The Balaban J connectivity index is 1.64. The highest BCUT2D eigenvalue weighted by Crippen LogP contribution is 2.20. The van der Waals surface area contributed by atoms with Gasteiger partial charge in [0, 0.05) is 39.3 Å². The van der Waals surface area contributed by atoms with Gasteiger partial charge in [-0.25, -0.2) is 8.42 Å². The van der Waals surface area contributed by atoms with Crippen molar-refractivity contribution in [1.82, 2.24) is 14.5 Å². The van der Waals surface area contributed by atoms with Crippen molar-refractivity contribution >= 4 is 15.9 Å². The van der Waals surface area contributed by atoms with Crippen LogP contribution in [0.15, 0.2) is 23.1 Å². The highest BCUT2D eigenvalue weighted by Gasteiger charge is 2.33. The van der Waals surface area contributed by atoms with E-state index in [0.717, 1.165) is 17.7 Å². The molecule has 0 saturated carbocycles. The molecular formula is C17H25N3O4S. The highest BCUT2D eigenvalue weighted by molar-refractivity contribution is 7.89. The number of carbonyl (C=O) groups is 1. The van der Waals surface area contributed by atoms with Gasteiger partial charge in [-0.05, 0) is 37.1 Å². The monoisotopic (exact) mass is 367 g/mol. The number of sulfonamides is 1. The van der Waals surface area contributed by atoms with E-state index in [1.54, 1.807) is 17.0 Å². The summed E-state index contributed by atoms with van der Waals surface area (Å²) in [5.74, 6) is -0.0598. The van der Waals surface area contributed by atoms with Gasteiger partial charge < -0.3 is 15.0 Å². The molecule has 0 aliphatic carbocycles. The van der Waals surface area contributed by atoms with Gasteiger partial charge in [-0.1, -0.05) is 6.07 Å². The maximum atomic E-state index is 12.8. The SMILES string of the molecule is Cc1ccc(S(=O)(=O)N2CCN(C(=O)C3CNCCO3)CC2)cc1C. The fourth-order valence-corrected chi connectivity index (χ4v) is 4.61. The van der Waals surface area contributed by atoms with Crippen LogP contribution in [0.5, 0.6) is 0 Å². The molecule has 2 fully saturated rings. The molecule has 3 rings (SSSR count). The lowest BCUT2D eigenvalue weighted by molar-refractivity contribution is -0.146. The average Bonchev–Trinajstić information content (AvgIpc) is 2.64. The first kappa shape index (κ1) is 18.3. The minimum Gasteiger partial charge on any atom is -0.366 e. The second kappa shape index (κ2) is 7.41. The fraction of sp³-hybridized carbons (Fsp3) is 0.588. The summed E-state index contributed by atoms with van der Waals surface area (Å²) in [5.41, 5.74) is 2.02. The third-order valence-corrected chi connectivity index (χ3v) is 6.76. The molecule has 0 aromatic heterocycles. The summed E-state index contributed by atoms with van der Waals surface area (Å²) in [5, 5.41) is 3.14. The van der Waals surface area contributed by atoms with E-state index < -0.39 is 16.1 Å². The lowest BCUT2D eigenvalue weighted by Gasteiger charge is -2.36. The van der Waals surface area contributed by atoms with Crippen LogP contribution in [-0.4, -0.2) is 75.5 Å². The number of hydrogen-bond acceptors (Lipinski definition) is 5. The molecule has 2 aliphatic rings. The number of benzene rings is 1. The van der Waals surface area contributed by atoms with E-state index in [0.29, 0.717) is 44.2 Å². The smallest absolute Gasteiger partial charge is 0.253 e. The number of hydrogen-bond donors (Lipinski definition) is 1. The van der Waals surface area contributed by atoms with Crippen molar-refractivity contribution in [2.24, 2.45) is 0 Å². The summed E-state index contributed by atoms with van der Waals surface area (Å²) in [4.78, 5) is 14.5. The third-order valence-electron chi connectivity index (χ3n) is 4.87. The maximum Gasteiger partial charge on any atom is 0.253 e. The molecule has 1 N–H and O–H groups in total. The standard InChI is InChI=1S/C17H25N3O4S/c1-13-3-4-15(11-14(13)2)25(22,23)20-8-6-19(7-9-20)17(21)16-12-18-5-10-24-16/h3-4,11,16,18H,5-10,12H2,1-2H3. The Morgan fingerprint density at radius 1 is 1.16 bits per heavy atom. The van der Waals surface area contributed by atoms with Crippen LogP contribution in [0.4, 0.5) is 0 Å². The van der Waals surface area contributed by atoms with E-state index in [1.165, 1.54) is 4.31 Å². The largest absolute Gasteiger partial charge is 0.366 e. The zero-order valence-corrected chi connectivity index (χ0v) is 15.5. The number of morpholine rings is 1. The van der Waals surface area contributed by atoms with Gasteiger partial charge in [-0.3, -0.25) is 4.79 Å². The molecule has 0 bridgehead atoms. The van der Waals surface area contributed by atoms with E-state index in [2.05, 4.69) is 5.32 Å². The summed E-state index contributed by atoms with van der Waals surface area (Å²) < 4.78 is 32.6. The number of amides is 1. The molecule has 1 atom stereocenters. The topological polar surface area (TPSA) is 79.0 Å². The van der Waals surface area contributed by atoms with E-state index >= 15 is 0 Å². The first-order valence-electron chi connectivity index (χ1n) is 8.58. The molecule has 1 aromatic carbocycles. The molecule has 2 aliphatic heterocycles. The Labute approximate surface area is 149 Å². The molecule has 1 amide bonds. The van der Waals surface area contributed by atoms with Crippen molar-refractivity contribution in [3.63, 3.8) is 0 Å². The first-order valence-corrected chi connectivity index (χ1v) is 10.0. The quantitative estimate of drug-likeness (QED) is 0.821. The first-order chi connectivity index (χ1) is 11.9. The van der Waals surface area contributed by atoms with Gasteiger partial charge in [0.15, 0.2) is 0 Å². The zero-order valence-electron chi connectivity index (χ0n) is 14.7. The van der Waals surface area contributed by atoms with Gasteiger partial charge in [0.25, 0.3) is 5.91 Å². The van der Waals surface area contributed by atoms with Crippen molar-refractivity contribution in [3.8, 4) is 0 Å². The molecule has 25 heavy (non-hydrogen) atoms. The van der Waals surface area contributed by atoms with Gasteiger partial charge >= 0.3 is 0 Å². The van der Waals surface area contributed by atoms with Crippen molar-refractivity contribution in [1.29, 1.82) is 0 Å². The van der Waals surface area contributed by atoms with Crippen LogP contribution in [0.1, 0.15) is 11.1 Å². The van der Waals surface area contributed by atoms with E-state index in [1.807, 2.05) is 19.9 Å². The lowest BCUT2D eigenvalue weighted by Crippen LogP contribution is -2.55. The van der Waals surface area contributed by atoms with Gasteiger partial charge in [-0.2, -0.15) is 4.31 Å². The number of aryl methyl sites for hydroxylation is 2. The van der Waals surface area contributed by atoms with Gasteiger partial charge in [0.2, 0.25) is 10.0 Å². The van der Waals surface area contributed by atoms with Crippen LogP contribution in [-0.2, 0) is 19.6 Å². The van der Waals surface area contributed by atoms with Crippen molar-refractivity contribution < 1.29 is 17.9 Å². The molecule has 8 heteroatoms. The fourth-order valence-electron chi connectivity index (χ4n) is 3.10. The summed E-state index contributed by atoms with van der Waals surface area (Å²) in [6.07, 6.45) is -0.461. The van der Waals surface area contributed by atoms with Gasteiger partial charge in [-0.15, -0.1) is 0 Å². The van der Waals surface area contributed by atoms with Crippen molar-refractivity contribution in [2.75, 3.05) is 45.9 Å². The second-order valence-electron chi connectivity index (χ2n) is 6.54. The van der Waals surface area contributed by atoms with Crippen LogP contribution in [0.2, 0.25) is 0 Å². The van der Waals surface area contributed by atoms with Gasteiger partial charge in [0.05, 0.1) is 11.5 Å². The number of carbonyl (C=O) groups excluding carboxylic acids is 1. The predicted octanol–water partition coefficient (Wildman–Crippen LogP) is 0.125. The number of nitrogens with one attached hydrogen (secondary N) is 1. The van der Waals surface area contributed by atoms with E-state index in [-0.39, 0.29) is 5.91 Å². The lowest BCUT2D eigenvalue weighted by atomic mass is 10.1. The molecule has 0 spiro atoms. The third kappa shape index (κ3) is 3.87. The Morgan fingerprint density at radius 3 is 2.48 bits per heavy atom. The van der Waals surface area contributed by atoms with Crippen LogP contribution in [0.3, 0.4) is 0 Å². The summed E-state index contributed by atoms with van der Waals surface area (Å²) >= 11 is 0. The number of nitrogens with zero attached hydrogens (tertiary/aromatic N) is 2. The predicted molar refractivity (Wildman–Crippen MR) is 93.9 cm³/mol. The Kier molecular flexibility index (Phi) is 5.43. The summed E-state index contributed by atoms with van der Waals surface area (Å²) in [6, 6.07) is 5.19. The van der Waals surface area contributed by atoms with Crippen LogP contribution >= 0.6 is 0 Å². The molecule has 2 heterocycles. The Morgan fingerprint density at radius 2 is 1.88 bits per heavy atom. The molecule has 1 unspecified atom stereocenters. The normalized spacial score (nSPS) is 22.8. The summed E-state index contributed by atoms with van der Waals surface area (Å²) in [6.45, 7) is 7.05. The van der Waals surface area contributed by atoms with Gasteiger partial charge in [0.1, 0.15) is 6.10 Å². The highest BCUT2D eigenvalue weighted by atomic mass is 32.2. The number of ether oxygens (including phenoxy) is 1. The van der Waals surface area contributed by atoms with Crippen LogP contribution < -0.4 is 5.32 Å². The molecule has 2 saturated heterocycles.